The third-order valence-electron chi connectivity index (χ3n) is 2.16. The molecule has 2 rings (SSSR count). The predicted octanol–water partition coefficient (Wildman–Crippen LogP) is 3.07. The second-order valence-electron chi connectivity index (χ2n) is 3.50. The van der Waals surface area contributed by atoms with Gasteiger partial charge in [-0.05, 0) is 34.1 Å². The van der Waals surface area contributed by atoms with Crippen LogP contribution in [0.3, 0.4) is 0 Å². The van der Waals surface area contributed by atoms with Gasteiger partial charge in [0.25, 0.3) is 5.91 Å². The van der Waals surface area contributed by atoms with E-state index in [1.165, 1.54) is 12.3 Å². The first-order valence-corrected chi connectivity index (χ1v) is 6.98. The molecule has 2 aromatic heterocycles. The van der Waals surface area contributed by atoms with Crippen LogP contribution in [0.2, 0.25) is 5.15 Å². The number of nitrogens with zero attached hydrogens (tertiary/aromatic N) is 1. The van der Waals surface area contributed by atoms with Crippen LogP contribution in [0.4, 0.5) is 5.69 Å². The fraction of sp³-hybridized carbons (Fsp3) is 0.0909. The highest BCUT2D eigenvalue weighted by molar-refractivity contribution is 9.11. The number of nitrogens with two attached hydrogens (primary N) is 1. The maximum absolute atomic E-state index is 11.9. The Kier molecular flexibility index (Phi) is 4.21. The summed E-state index contributed by atoms with van der Waals surface area (Å²) in [7, 11) is 0. The molecule has 18 heavy (non-hydrogen) atoms. The van der Waals surface area contributed by atoms with Crippen LogP contribution < -0.4 is 11.1 Å². The van der Waals surface area contributed by atoms with Crippen molar-refractivity contribution in [3.05, 3.63) is 43.8 Å². The number of nitrogens with one attached hydrogen (secondary N) is 1. The highest BCUT2D eigenvalue weighted by atomic mass is 79.9. The maximum Gasteiger partial charge on any atom is 0.254 e. The predicted molar refractivity (Wildman–Crippen MR) is 76.8 cm³/mol. The van der Waals surface area contributed by atoms with E-state index in [-0.39, 0.29) is 16.6 Å². The van der Waals surface area contributed by atoms with Gasteiger partial charge in [-0.1, -0.05) is 11.6 Å². The molecule has 0 saturated carbocycles. The molecule has 3 N–H and O–H groups in total. The van der Waals surface area contributed by atoms with E-state index < -0.39 is 0 Å². The number of anilines is 1. The van der Waals surface area contributed by atoms with Crippen molar-refractivity contribution in [3.8, 4) is 0 Å². The summed E-state index contributed by atoms with van der Waals surface area (Å²) in [6.07, 6.45) is 1.41. The first-order valence-electron chi connectivity index (χ1n) is 4.99. The number of amides is 1. The fourth-order valence-corrected chi connectivity index (χ4v) is 2.94. The van der Waals surface area contributed by atoms with Gasteiger partial charge in [0.15, 0.2) is 0 Å². The van der Waals surface area contributed by atoms with Crippen molar-refractivity contribution in [1.82, 2.24) is 10.3 Å². The lowest BCUT2D eigenvalue weighted by molar-refractivity contribution is 0.0951. The molecule has 0 aliphatic carbocycles. The van der Waals surface area contributed by atoms with E-state index in [2.05, 4.69) is 26.2 Å². The fourth-order valence-electron chi connectivity index (χ4n) is 1.33. The average molecular weight is 347 g/mol. The van der Waals surface area contributed by atoms with Crippen molar-refractivity contribution in [2.24, 2.45) is 0 Å². The zero-order chi connectivity index (χ0) is 13.1. The Morgan fingerprint density at radius 3 is 3.00 bits per heavy atom. The monoisotopic (exact) mass is 345 g/mol. The zero-order valence-electron chi connectivity index (χ0n) is 9.11. The summed E-state index contributed by atoms with van der Waals surface area (Å²) in [6, 6.07) is 5.38. The minimum atomic E-state index is -0.288. The van der Waals surface area contributed by atoms with Gasteiger partial charge in [0.1, 0.15) is 5.15 Å². The Bertz CT molecular complexity index is 587. The number of halogens is 2. The topological polar surface area (TPSA) is 68.0 Å². The molecule has 7 heteroatoms. The standard InChI is InChI=1S/C11H9BrClN3OS/c12-9-2-1-7(18-9)5-16-11(17)8-3-6(14)4-15-10(8)13/h1-4H,5,14H2,(H,16,17). The normalized spacial score (nSPS) is 10.3. The molecule has 0 unspecified atom stereocenters. The molecule has 0 saturated heterocycles. The average Bonchev–Trinajstić information content (AvgIpc) is 2.75. The highest BCUT2D eigenvalue weighted by Gasteiger charge is 2.11. The second-order valence-corrected chi connectivity index (χ2v) is 6.40. The van der Waals surface area contributed by atoms with E-state index in [0.717, 1.165) is 8.66 Å². The van der Waals surface area contributed by atoms with Gasteiger partial charge in [-0.15, -0.1) is 11.3 Å². The van der Waals surface area contributed by atoms with E-state index in [1.807, 2.05) is 12.1 Å². The summed E-state index contributed by atoms with van der Waals surface area (Å²) >= 11 is 10.8. The van der Waals surface area contributed by atoms with Gasteiger partial charge in [-0.2, -0.15) is 0 Å². The van der Waals surface area contributed by atoms with Crippen LogP contribution in [0.25, 0.3) is 0 Å². The molecular formula is C11H9BrClN3OS. The van der Waals surface area contributed by atoms with Crippen LogP contribution in [0.1, 0.15) is 15.2 Å². The van der Waals surface area contributed by atoms with E-state index >= 15 is 0 Å². The van der Waals surface area contributed by atoms with Crippen LogP contribution in [-0.4, -0.2) is 10.9 Å². The van der Waals surface area contributed by atoms with Crippen LogP contribution in [-0.2, 0) is 6.54 Å². The summed E-state index contributed by atoms with van der Waals surface area (Å²) in [5, 5.41) is 2.91. The third kappa shape index (κ3) is 3.22. The number of carbonyl (C=O) groups excluding carboxylic acids is 1. The molecule has 94 valence electrons. The lowest BCUT2D eigenvalue weighted by Crippen LogP contribution is -2.23. The third-order valence-corrected chi connectivity index (χ3v) is 4.08. The number of aromatic nitrogens is 1. The zero-order valence-corrected chi connectivity index (χ0v) is 12.3. The molecule has 0 aromatic carbocycles. The summed E-state index contributed by atoms with van der Waals surface area (Å²) < 4.78 is 1.02. The highest BCUT2D eigenvalue weighted by Crippen LogP contribution is 2.22. The molecule has 0 aliphatic heterocycles. The van der Waals surface area contributed by atoms with Crippen LogP contribution in [0.15, 0.2) is 28.2 Å². The Labute approximate surface area is 121 Å². The van der Waals surface area contributed by atoms with Crippen LogP contribution in [0, 0.1) is 0 Å². The number of thiophene rings is 1. The number of hydrogen-bond acceptors (Lipinski definition) is 4. The Hall–Kier alpha value is -1.11. The van der Waals surface area contributed by atoms with Crippen molar-refractivity contribution < 1.29 is 4.79 Å². The Morgan fingerprint density at radius 2 is 2.33 bits per heavy atom. The second kappa shape index (κ2) is 5.69. The number of rotatable bonds is 3. The minimum Gasteiger partial charge on any atom is -0.397 e. The van der Waals surface area contributed by atoms with Crippen molar-refractivity contribution in [1.29, 1.82) is 0 Å². The van der Waals surface area contributed by atoms with Crippen LogP contribution in [0.5, 0.6) is 0 Å². The number of carbonyl (C=O) groups is 1. The number of nitrogen functional groups attached to an aromatic ring is 1. The van der Waals surface area contributed by atoms with Gasteiger partial charge in [0, 0.05) is 4.88 Å². The summed E-state index contributed by atoms with van der Waals surface area (Å²) in [4.78, 5) is 16.8. The van der Waals surface area contributed by atoms with E-state index in [1.54, 1.807) is 11.3 Å². The maximum atomic E-state index is 11.9. The van der Waals surface area contributed by atoms with Gasteiger partial charge in [0.2, 0.25) is 0 Å². The van der Waals surface area contributed by atoms with E-state index in [4.69, 9.17) is 17.3 Å². The molecular weight excluding hydrogens is 338 g/mol. The summed E-state index contributed by atoms with van der Waals surface area (Å²) in [5.74, 6) is -0.288. The summed E-state index contributed by atoms with van der Waals surface area (Å²) in [6.45, 7) is 0.445. The largest absolute Gasteiger partial charge is 0.397 e. The van der Waals surface area contributed by atoms with E-state index in [0.29, 0.717) is 12.2 Å². The number of pyridine rings is 1. The van der Waals surface area contributed by atoms with Crippen molar-refractivity contribution >= 4 is 50.5 Å². The molecule has 0 bridgehead atoms. The molecule has 0 spiro atoms. The van der Waals surface area contributed by atoms with Crippen molar-refractivity contribution in [2.45, 2.75) is 6.54 Å². The quantitative estimate of drug-likeness (QED) is 0.839. The lowest BCUT2D eigenvalue weighted by atomic mass is 10.2. The molecule has 0 fully saturated rings. The Balaban J connectivity index is 2.05. The molecule has 2 aromatic rings. The van der Waals surface area contributed by atoms with Gasteiger partial charge in [-0.25, -0.2) is 4.98 Å². The van der Waals surface area contributed by atoms with Gasteiger partial charge >= 0.3 is 0 Å². The van der Waals surface area contributed by atoms with Gasteiger partial charge in [0.05, 0.1) is 27.8 Å². The molecule has 2 heterocycles. The van der Waals surface area contributed by atoms with E-state index in [9.17, 15) is 4.79 Å². The minimum absolute atomic E-state index is 0.147. The van der Waals surface area contributed by atoms with Crippen molar-refractivity contribution in [3.63, 3.8) is 0 Å². The van der Waals surface area contributed by atoms with Gasteiger partial charge in [-0.3, -0.25) is 4.79 Å². The molecule has 4 nitrogen and oxygen atoms in total. The smallest absolute Gasteiger partial charge is 0.254 e. The van der Waals surface area contributed by atoms with Gasteiger partial charge < -0.3 is 11.1 Å². The van der Waals surface area contributed by atoms with Crippen molar-refractivity contribution in [2.75, 3.05) is 5.73 Å². The first-order chi connectivity index (χ1) is 8.56. The Morgan fingerprint density at radius 1 is 1.56 bits per heavy atom. The molecule has 0 aliphatic rings. The summed E-state index contributed by atoms with van der Waals surface area (Å²) in [5.41, 5.74) is 6.26. The molecule has 1 amide bonds. The SMILES string of the molecule is Nc1cnc(Cl)c(C(=O)NCc2ccc(Br)s2)c1. The molecule has 0 radical (unpaired) electrons. The van der Waals surface area contributed by atoms with Crippen LogP contribution >= 0.6 is 38.9 Å². The molecule has 0 atom stereocenters. The lowest BCUT2D eigenvalue weighted by Gasteiger charge is -2.05. The first kappa shape index (κ1) is 13.3. The number of hydrogen-bond donors (Lipinski definition) is 2.